The molecule has 2 rings (SSSR count). The molecule has 0 spiro atoms. The van der Waals surface area contributed by atoms with Gasteiger partial charge in [0, 0.05) is 6.42 Å². The predicted molar refractivity (Wildman–Crippen MR) is 63.6 cm³/mol. The number of benzene rings is 1. The normalized spacial score (nSPS) is 20.5. The monoisotopic (exact) mass is 219 g/mol. The van der Waals surface area contributed by atoms with Gasteiger partial charge in [-0.1, -0.05) is 28.9 Å². The van der Waals surface area contributed by atoms with Crippen LogP contribution < -0.4 is 0 Å². The third kappa shape index (κ3) is 2.83. The van der Waals surface area contributed by atoms with Crippen molar-refractivity contribution < 1.29 is 9.57 Å². The molecule has 0 aliphatic carbocycles. The lowest BCUT2D eigenvalue weighted by molar-refractivity contribution is -0.109. The van der Waals surface area contributed by atoms with Crippen molar-refractivity contribution in [2.75, 3.05) is 6.61 Å². The molecule has 16 heavy (non-hydrogen) atoms. The van der Waals surface area contributed by atoms with Gasteiger partial charge in [0.1, 0.15) is 0 Å². The minimum absolute atomic E-state index is 0.151. The largest absolute Gasteiger partial charge is 0.364 e. The second kappa shape index (κ2) is 5.12. The van der Waals surface area contributed by atoms with Crippen molar-refractivity contribution in [1.82, 2.24) is 0 Å². The number of ether oxygens (including phenoxy) is 1. The first-order valence-electron chi connectivity index (χ1n) is 5.64. The lowest BCUT2D eigenvalue weighted by atomic mass is 10.1. The second-order valence-electron chi connectivity index (χ2n) is 4.14. The summed E-state index contributed by atoms with van der Waals surface area (Å²) in [5, 5.41) is 3.96. The van der Waals surface area contributed by atoms with Gasteiger partial charge in [0.05, 0.1) is 12.8 Å². The van der Waals surface area contributed by atoms with Crippen molar-refractivity contribution in [3.63, 3.8) is 0 Å². The molecule has 86 valence electrons. The van der Waals surface area contributed by atoms with E-state index in [1.807, 2.05) is 6.07 Å². The number of rotatable bonds is 3. The Morgan fingerprint density at radius 2 is 2.31 bits per heavy atom. The van der Waals surface area contributed by atoms with Crippen LogP contribution in [0.4, 0.5) is 0 Å². The molecule has 1 atom stereocenters. The third-order valence-corrected chi connectivity index (χ3v) is 2.68. The summed E-state index contributed by atoms with van der Waals surface area (Å²) >= 11 is 0. The molecule has 0 aromatic heterocycles. The van der Waals surface area contributed by atoms with Gasteiger partial charge >= 0.3 is 0 Å². The topological polar surface area (TPSA) is 30.8 Å². The van der Waals surface area contributed by atoms with Crippen LogP contribution in [0.5, 0.6) is 0 Å². The minimum atomic E-state index is -0.151. The van der Waals surface area contributed by atoms with Crippen LogP contribution in [0.25, 0.3) is 0 Å². The minimum Gasteiger partial charge on any atom is -0.364 e. The Hall–Kier alpha value is -1.35. The molecular weight excluding hydrogens is 202 g/mol. The molecule has 1 aromatic carbocycles. The lowest BCUT2D eigenvalue weighted by Gasteiger charge is -2.06. The Morgan fingerprint density at radius 3 is 3.00 bits per heavy atom. The predicted octanol–water partition coefficient (Wildman–Crippen LogP) is 2.79. The smallest absolute Gasteiger partial charge is 0.226 e. The molecule has 0 N–H and O–H groups in total. The third-order valence-electron chi connectivity index (χ3n) is 2.68. The van der Waals surface area contributed by atoms with Crippen LogP contribution in [0.1, 0.15) is 29.5 Å². The molecular formula is C13H17NO2. The number of hydrogen-bond donors (Lipinski definition) is 0. The standard InChI is InChI=1S/C13H17NO2/c1-10-5-6-12(11(2)8-10)9-14-16-13-4-3-7-15-13/h5-6,8-9,13H,3-4,7H2,1-2H3. The maximum Gasteiger partial charge on any atom is 0.226 e. The van der Waals surface area contributed by atoms with E-state index >= 15 is 0 Å². The molecule has 3 nitrogen and oxygen atoms in total. The maximum absolute atomic E-state index is 5.30. The van der Waals surface area contributed by atoms with E-state index in [0.29, 0.717) is 0 Å². The van der Waals surface area contributed by atoms with Crippen LogP contribution in [-0.4, -0.2) is 19.1 Å². The number of nitrogens with zero attached hydrogens (tertiary/aromatic N) is 1. The van der Waals surface area contributed by atoms with Crippen molar-refractivity contribution >= 4 is 6.21 Å². The highest BCUT2D eigenvalue weighted by Crippen LogP contribution is 2.13. The highest BCUT2D eigenvalue weighted by molar-refractivity contribution is 5.81. The molecule has 3 heteroatoms. The fourth-order valence-electron chi connectivity index (χ4n) is 1.76. The van der Waals surface area contributed by atoms with Gasteiger partial charge in [-0.3, -0.25) is 0 Å². The van der Waals surface area contributed by atoms with Crippen molar-refractivity contribution in [2.45, 2.75) is 33.0 Å². The molecule has 0 radical (unpaired) electrons. The second-order valence-corrected chi connectivity index (χ2v) is 4.14. The van der Waals surface area contributed by atoms with Gasteiger partial charge in [0.15, 0.2) is 0 Å². The average molecular weight is 219 g/mol. The van der Waals surface area contributed by atoms with E-state index in [1.165, 1.54) is 11.1 Å². The number of oxime groups is 1. The fraction of sp³-hybridized carbons (Fsp3) is 0.462. The zero-order chi connectivity index (χ0) is 11.4. The van der Waals surface area contributed by atoms with Gasteiger partial charge < -0.3 is 9.57 Å². The molecule has 1 heterocycles. The summed E-state index contributed by atoms with van der Waals surface area (Å²) in [4.78, 5) is 5.24. The van der Waals surface area contributed by atoms with Crippen LogP contribution in [-0.2, 0) is 9.57 Å². The van der Waals surface area contributed by atoms with Crippen LogP contribution in [0.2, 0.25) is 0 Å². The molecule has 0 amide bonds. The van der Waals surface area contributed by atoms with E-state index in [-0.39, 0.29) is 6.29 Å². The highest BCUT2D eigenvalue weighted by atomic mass is 16.8. The Kier molecular flexibility index (Phi) is 3.57. The molecule has 1 aliphatic rings. The van der Waals surface area contributed by atoms with Gasteiger partial charge in [-0.25, -0.2) is 0 Å². The summed E-state index contributed by atoms with van der Waals surface area (Å²) in [5.41, 5.74) is 3.55. The number of aryl methyl sites for hydroxylation is 2. The average Bonchev–Trinajstić information content (AvgIpc) is 2.74. The summed E-state index contributed by atoms with van der Waals surface area (Å²) in [6.45, 7) is 4.93. The number of hydrogen-bond acceptors (Lipinski definition) is 3. The summed E-state index contributed by atoms with van der Waals surface area (Å²) < 4.78 is 5.30. The summed E-state index contributed by atoms with van der Waals surface area (Å²) in [6, 6.07) is 6.25. The van der Waals surface area contributed by atoms with E-state index in [1.54, 1.807) is 6.21 Å². The lowest BCUT2D eigenvalue weighted by Crippen LogP contribution is -2.06. The van der Waals surface area contributed by atoms with Crippen molar-refractivity contribution in [2.24, 2.45) is 5.16 Å². The first kappa shape index (κ1) is 11.1. The molecule has 1 unspecified atom stereocenters. The van der Waals surface area contributed by atoms with Crippen LogP contribution in [0.15, 0.2) is 23.4 Å². The van der Waals surface area contributed by atoms with Crippen LogP contribution >= 0.6 is 0 Å². The van der Waals surface area contributed by atoms with E-state index in [2.05, 4.69) is 31.1 Å². The van der Waals surface area contributed by atoms with Crippen molar-refractivity contribution in [3.05, 3.63) is 34.9 Å². The van der Waals surface area contributed by atoms with Crippen LogP contribution in [0.3, 0.4) is 0 Å². The van der Waals surface area contributed by atoms with Gasteiger partial charge in [-0.05, 0) is 31.4 Å². The first-order valence-corrected chi connectivity index (χ1v) is 5.64. The van der Waals surface area contributed by atoms with E-state index in [4.69, 9.17) is 9.57 Å². The molecule has 0 saturated carbocycles. The van der Waals surface area contributed by atoms with E-state index in [0.717, 1.165) is 25.0 Å². The molecule has 1 aromatic rings. The SMILES string of the molecule is Cc1ccc(C=NOC2CCCO2)c(C)c1. The van der Waals surface area contributed by atoms with Gasteiger partial charge in [0.25, 0.3) is 0 Å². The Balaban J connectivity index is 1.94. The van der Waals surface area contributed by atoms with Crippen LogP contribution in [0, 0.1) is 13.8 Å². The summed E-state index contributed by atoms with van der Waals surface area (Å²) in [7, 11) is 0. The molecule has 1 aliphatic heterocycles. The van der Waals surface area contributed by atoms with Crippen molar-refractivity contribution in [1.29, 1.82) is 0 Å². The Labute approximate surface area is 96.1 Å². The zero-order valence-corrected chi connectivity index (χ0v) is 9.77. The van der Waals surface area contributed by atoms with E-state index < -0.39 is 0 Å². The van der Waals surface area contributed by atoms with Gasteiger partial charge in [-0.15, -0.1) is 0 Å². The highest BCUT2D eigenvalue weighted by Gasteiger charge is 2.15. The van der Waals surface area contributed by atoms with Crippen molar-refractivity contribution in [3.8, 4) is 0 Å². The molecule has 1 fully saturated rings. The summed E-state index contributed by atoms with van der Waals surface area (Å²) in [6.07, 6.45) is 3.59. The molecule has 1 saturated heterocycles. The fourth-order valence-corrected chi connectivity index (χ4v) is 1.76. The van der Waals surface area contributed by atoms with E-state index in [9.17, 15) is 0 Å². The molecule has 0 bridgehead atoms. The quantitative estimate of drug-likeness (QED) is 0.578. The first-order chi connectivity index (χ1) is 7.75. The Bertz CT molecular complexity index is 382. The van der Waals surface area contributed by atoms with Gasteiger partial charge in [0.2, 0.25) is 6.29 Å². The Morgan fingerprint density at radius 1 is 1.44 bits per heavy atom. The zero-order valence-electron chi connectivity index (χ0n) is 9.77. The maximum atomic E-state index is 5.30. The van der Waals surface area contributed by atoms with Gasteiger partial charge in [-0.2, -0.15) is 0 Å². The summed E-state index contributed by atoms with van der Waals surface area (Å²) in [5.74, 6) is 0.